The van der Waals surface area contributed by atoms with Gasteiger partial charge in [0.05, 0.1) is 5.30 Å². The summed E-state index contributed by atoms with van der Waals surface area (Å²) in [5.41, 5.74) is 2.37. The van der Waals surface area contributed by atoms with Gasteiger partial charge in [-0.05, 0) is 55.0 Å². The van der Waals surface area contributed by atoms with Crippen LogP contribution in [0.2, 0.25) is 0 Å². The van der Waals surface area contributed by atoms with Crippen LogP contribution in [-0.2, 0) is 17.4 Å². The average Bonchev–Trinajstić information content (AvgIpc) is 2.70. The van der Waals surface area contributed by atoms with Crippen molar-refractivity contribution >= 4 is 12.9 Å². The lowest BCUT2D eigenvalue weighted by Gasteiger charge is -2.19. The lowest BCUT2D eigenvalue weighted by Crippen LogP contribution is -2.10. The highest BCUT2D eigenvalue weighted by Gasteiger charge is 2.25. The monoisotopic (exact) mass is 402 g/mol. The van der Waals surface area contributed by atoms with Gasteiger partial charge in [0.15, 0.2) is 0 Å². The van der Waals surface area contributed by atoms with Crippen LogP contribution < -0.4 is 9.83 Å². The molecule has 0 aromatic heterocycles. The van der Waals surface area contributed by atoms with Crippen LogP contribution in [0.3, 0.4) is 0 Å². The number of hydrogen-bond acceptors (Lipinski definition) is 2. The van der Waals surface area contributed by atoms with E-state index in [9.17, 15) is 9.46 Å². The lowest BCUT2D eigenvalue weighted by atomic mass is 9.96. The van der Waals surface area contributed by atoms with Crippen LogP contribution in [0.5, 0.6) is 5.75 Å². The minimum absolute atomic E-state index is 0.334. The molecule has 1 N–H and O–H groups in total. The molecule has 0 amide bonds. The largest absolute Gasteiger partial charge is 0.421 e. The van der Waals surface area contributed by atoms with E-state index in [1.54, 1.807) is 24.3 Å². The van der Waals surface area contributed by atoms with E-state index in [2.05, 4.69) is 19.9 Å². The predicted octanol–water partition coefficient (Wildman–Crippen LogP) is 6.82. The number of rotatable bonds is 13. The third kappa shape index (κ3) is 7.11. The van der Waals surface area contributed by atoms with E-state index < -0.39 is 7.60 Å². The molecule has 1 unspecified atom stereocenters. The molecule has 2 rings (SSSR count). The number of hydrogen-bond donors (Lipinski definition) is 1. The SMILES string of the molecule is CCCCCCc1cccc(OP(=O)(O)c2ccccc2)c1CCCCCC. The van der Waals surface area contributed by atoms with Crippen LogP contribution in [-0.4, -0.2) is 4.89 Å². The van der Waals surface area contributed by atoms with Gasteiger partial charge in [-0.15, -0.1) is 0 Å². The van der Waals surface area contributed by atoms with Crippen LogP contribution in [0.15, 0.2) is 48.5 Å². The second kappa shape index (κ2) is 12.1. The van der Waals surface area contributed by atoms with Gasteiger partial charge >= 0.3 is 7.60 Å². The van der Waals surface area contributed by atoms with E-state index in [0.717, 1.165) is 31.2 Å². The Morgan fingerprint density at radius 3 is 2.07 bits per heavy atom. The fourth-order valence-corrected chi connectivity index (χ4v) is 4.58. The van der Waals surface area contributed by atoms with Gasteiger partial charge in [0, 0.05) is 0 Å². The molecule has 2 aromatic carbocycles. The molecule has 2 aromatic rings. The molecule has 3 nitrogen and oxygen atoms in total. The van der Waals surface area contributed by atoms with Crippen molar-refractivity contribution < 1.29 is 14.0 Å². The highest BCUT2D eigenvalue weighted by molar-refractivity contribution is 7.61. The third-order valence-corrected chi connectivity index (χ3v) is 6.51. The minimum Gasteiger partial charge on any atom is -0.421 e. The second-order valence-corrected chi connectivity index (χ2v) is 9.20. The van der Waals surface area contributed by atoms with Crippen molar-refractivity contribution in [3.63, 3.8) is 0 Å². The summed E-state index contributed by atoms with van der Waals surface area (Å²) in [6, 6.07) is 14.6. The van der Waals surface area contributed by atoms with Gasteiger partial charge in [0.2, 0.25) is 0 Å². The van der Waals surface area contributed by atoms with Crippen molar-refractivity contribution in [3.8, 4) is 5.75 Å². The van der Waals surface area contributed by atoms with Gasteiger partial charge in [-0.1, -0.05) is 82.7 Å². The van der Waals surface area contributed by atoms with Crippen molar-refractivity contribution in [2.45, 2.75) is 78.1 Å². The maximum Gasteiger partial charge on any atom is 0.408 e. The molecular weight excluding hydrogens is 367 g/mol. The predicted molar refractivity (Wildman–Crippen MR) is 119 cm³/mol. The Labute approximate surface area is 170 Å². The van der Waals surface area contributed by atoms with Crippen LogP contribution >= 0.6 is 7.60 Å². The quantitative estimate of drug-likeness (QED) is 0.295. The molecule has 0 bridgehead atoms. The highest BCUT2D eigenvalue weighted by Crippen LogP contribution is 2.43. The van der Waals surface area contributed by atoms with Crippen LogP contribution in [0, 0.1) is 0 Å². The Morgan fingerprint density at radius 2 is 1.43 bits per heavy atom. The summed E-state index contributed by atoms with van der Waals surface area (Å²) < 4.78 is 18.6. The Balaban J connectivity index is 2.21. The van der Waals surface area contributed by atoms with Gasteiger partial charge < -0.3 is 9.42 Å². The van der Waals surface area contributed by atoms with E-state index in [0.29, 0.717) is 11.1 Å². The maximum atomic E-state index is 12.9. The lowest BCUT2D eigenvalue weighted by molar-refractivity contribution is 0.391. The molecule has 0 aliphatic heterocycles. The fraction of sp³-hybridized carbons (Fsp3) is 0.500. The van der Waals surface area contributed by atoms with Gasteiger partial charge in [-0.2, -0.15) is 0 Å². The molecule has 0 heterocycles. The van der Waals surface area contributed by atoms with Crippen LogP contribution in [0.25, 0.3) is 0 Å². The molecular formula is C24H35O3P. The molecule has 4 heteroatoms. The number of aryl methyl sites for hydroxylation is 1. The average molecular weight is 403 g/mol. The molecule has 0 radical (unpaired) electrons. The van der Waals surface area contributed by atoms with Crippen molar-refractivity contribution in [3.05, 3.63) is 59.7 Å². The Bertz CT molecular complexity index is 743. The topological polar surface area (TPSA) is 46.5 Å². The smallest absolute Gasteiger partial charge is 0.408 e. The van der Waals surface area contributed by atoms with E-state index in [4.69, 9.17) is 4.52 Å². The summed E-state index contributed by atoms with van der Waals surface area (Å²) in [4.78, 5) is 10.5. The number of benzene rings is 2. The summed E-state index contributed by atoms with van der Waals surface area (Å²) in [7, 11) is -3.89. The zero-order chi connectivity index (χ0) is 20.2. The highest BCUT2D eigenvalue weighted by atomic mass is 31.2. The molecule has 28 heavy (non-hydrogen) atoms. The third-order valence-electron chi connectivity index (χ3n) is 5.11. The minimum atomic E-state index is -3.89. The zero-order valence-electron chi connectivity index (χ0n) is 17.4. The summed E-state index contributed by atoms with van der Waals surface area (Å²) >= 11 is 0. The first-order valence-corrected chi connectivity index (χ1v) is 12.3. The Hall–Kier alpha value is -1.57. The summed E-state index contributed by atoms with van der Waals surface area (Å²) in [6.07, 6.45) is 11.4. The van der Waals surface area contributed by atoms with Crippen LogP contribution in [0.1, 0.15) is 76.3 Å². The van der Waals surface area contributed by atoms with E-state index >= 15 is 0 Å². The molecule has 0 aliphatic carbocycles. The van der Waals surface area contributed by atoms with E-state index in [1.165, 1.54) is 44.1 Å². The van der Waals surface area contributed by atoms with Crippen molar-refractivity contribution in [1.82, 2.24) is 0 Å². The van der Waals surface area contributed by atoms with Crippen molar-refractivity contribution in [1.29, 1.82) is 0 Å². The van der Waals surface area contributed by atoms with Gasteiger partial charge in [0.25, 0.3) is 0 Å². The normalized spacial score (nSPS) is 13.2. The summed E-state index contributed by atoms with van der Waals surface area (Å²) in [5.74, 6) is 0.569. The molecule has 0 saturated carbocycles. The Morgan fingerprint density at radius 1 is 0.786 bits per heavy atom. The maximum absolute atomic E-state index is 12.9. The number of unbranched alkanes of at least 4 members (excludes halogenated alkanes) is 6. The molecule has 0 aliphatic rings. The summed E-state index contributed by atoms with van der Waals surface area (Å²) in [5, 5.41) is 0.334. The fourth-order valence-electron chi connectivity index (χ4n) is 3.49. The standard InChI is InChI=1S/C24H35O3P/c1-3-5-7-10-15-21-16-14-20-24(23(21)19-13-8-6-4-2)27-28(25,26)22-17-11-9-12-18-22/h9,11-12,14,16-18,20H,3-8,10,13,15,19H2,1-2H3,(H,25,26). The summed E-state index contributed by atoms with van der Waals surface area (Å²) in [6.45, 7) is 4.42. The van der Waals surface area contributed by atoms with Crippen LogP contribution in [0.4, 0.5) is 0 Å². The molecule has 0 spiro atoms. The molecule has 154 valence electrons. The van der Waals surface area contributed by atoms with Crippen molar-refractivity contribution in [2.75, 3.05) is 0 Å². The van der Waals surface area contributed by atoms with Gasteiger partial charge in [-0.3, -0.25) is 0 Å². The van der Waals surface area contributed by atoms with Gasteiger partial charge in [-0.25, -0.2) is 4.57 Å². The van der Waals surface area contributed by atoms with E-state index in [1.807, 2.05) is 18.2 Å². The Kier molecular flexibility index (Phi) is 9.81. The molecule has 0 fully saturated rings. The van der Waals surface area contributed by atoms with E-state index in [-0.39, 0.29) is 0 Å². The first-order valence-electron chi connectivity index (χ1n) is 10.8. The van der Waals surface area contributed by atoms with Crippen molar-refractivity contribution in [2.24, 2.45) is 0 Å². The van der Waals surface area contributed by atoms with Gasteiger partial charge in [0.1, 0.15) is 5.75 Å². The molecule has 0 saturated heterocycles. The molecule has 1 atom stereocenters. The first kappa shape index (κ1) is 22.7. The second-order valence-electron chi connectivity index (χ2n) is 7.46. The first-order chi connectivity index (χ1) is 13.6. The zero-order valence-corrected chi connectivity index (χ0v) is 18.3.